The highest BCUT2D eigenvalue weighted by molar-refractivity contribution is 5.33. The number of aryl methyl sites for hydroxylation is 2. The van der Waals surface area contributed by atoms with Crippen LogP contribution in [0.5, 0.6) is 0 Å². The molecule has 1 aliphatic heterocycles. The number of hydrogen-bond acceptors (Lipinski definition) is 2. The van der Waals surface area contributed by atoms with Crippen molar-refractivity contribution in [1.29, 1.82) is 0 Å². The Kier molecular flexibility index (Phi) is 3.08. The lowest BCUT2D eigenvalue weighted by Gasteiger charge is -2.22. The topological polar surface area (TPSA) is 38.0 Å². The number of hydrogen-bond donors (Lipinski definition) is 2. The Balaban J connectivity index is 2.23. The summed E-state index contributed by atoms with van der Waals surface area (Å²) in [5.41, 5.74) is 10.2. The summed E-state index contributed by atoms with van der Waals surface area (Å²) in [5, 5.41) is 3.48. The summed E-state index contributed by atoms with van der Waals surface area (Å²) < 4.78 is 0. The Morgan fingerprint density at radius 1 is 1.40 bits per heavy atom. The lowest BCUT2D eigenvalue weighted by Crippen LogP contribution is -2.34. The van der Waals surface area contributed by atoms with E-state index < -0.39 is 0 Å². The van der Waals surface area contributed by atoms with E-state index in [2.05, 4.69) is 37.4 Å². The second-order valence-electron chi connectivity index (χ2n) is 4.59. The largest absolute Gasteiger partial charge is 0.323 e. The smallest absolute Gasteiger partial charge is 0.0453 e. The molecule has 1 aliphatic rings. The molecular weight excluding hydrogens is 184 g/mol. The molecule has 3 N–H and O–H groups in total. The van der Waals surface area contributed by atoms with Gasteiger partial charge in [-0.05, 0) is 44.4 Å². The first kappa shape index (κ1) is 10.7. The van der Waals surface area contributed by atoms with Gasteiger partial charge in [0, 0.05) is 12.1 Å². The molecule has 1 saturated heterocycles. The fraction of sp³-hybridized carbons (Fsp3) is 0.538. The predicted molar refractivity (Wildman–Crippen MR) is 63.9 cm³/mol. The molecule has 1 fully saturated rings. The molecule has 2 nitrogen and oxygen atoms in total. The maximum Gasteiger partial charge on any atom is 0.0453 e. The van der Waals surface area contributed by atoms with Crippen LogP contribution in [0.3, 0.4) is 0 Å². The molecule has 2 unspecified atom stereocenters. The van der Waals surface area contributed by atoms with Gasteiger partial charge in [-0.15, -0.1) is 0 Å². The van der Waals surface area contributed by atoms with Gasteiger partial charge in [0.1, 0.15) is 0 Å². The highest BCUT2D eigenvalue weighted by Gasteiger charge is 2.23. The zero-order valence-electron chi connectivity index (χ0n) is 9.59. The van der Waals surface area contributed by atoms with E-state index in [1.807, 2.05) is 0 Å². The van der Waals surface area contributed by atoms with Crippen molar-refractivity contribution in [3.05, 3.63) is 34.9 Å². The van der Waals surface area contributed by atoms with Gasteiger partial charge in [0.2, 0.25) is 0 Å². The van der Waals surface area contributed by atoms with E-state index in [0.29, 0.717) is 6.04 Å². The van der Waals surface area contributed by atoms with Crippen molar-refractivity contribution in [2.45, 2.75) is 38.8 Å². The van der Waals surface area contributed by atoms with E-state index in [-0.39, 0.29) is 6.04 Å². The highest BCUT2D eigenvalue weighted by atomic mass is 15.0. The Morgan fingerprint density at radius 3 is 2.87 bits per heavy atom. The van der Waals surface area contributed by atoms with Gasteiger partial charge in [0.05, 0.1) is 0 Å². The van der Waals surface area contributed by atoms with Crippen molar-refractivity contribution in [3.63, 3.8) is 0 Å². The summed E-state index contributed by atoms with van der Waals surface area (Å²) in [6.07, 6.45) is 2.46. The van der Waals surface area contributed by atoms with E-state index >= 15 is 0 Å². The molecule has 2 heteroatoms. The van der Waals surface area contributed by atoms with Crippen LogP contribution in [-0.2, 0) is 0 Å². The molecule has 1 heterocycles. The van der Waals surface area contributed by atoms with Crippen molar-refractivity contribution in [1.82, 2.24) is 5.32 Å². The van der Waals surface area contributed by atoms with E-state index in [4.69, 9.17) is 5.73 Å². The van der Waals surface area contributed by atoms with Gasteiger partial charge < -0.3 is 11.1 Å². The zero-order chi connectivity index (χ0) is 10.8. The maximum atomic E-state index is 6.31. The van der Waals surface area contributed by atoms with Gasteiger partial charge >= 0.3 is 0 Å². The standard InChI is InChI=1S/C13H20N2/c1-9-5-6-10(2)11(8-9)13(14)12-4-3-7-15-12/h5-6,8,12-13,15H,3-4,7,14H2,1-2H3. The van der Waals surface area contributed by atoms with Crippen molar-refractivity contribution < 1.29 is 0 Å². The van der Waals surface area contributed by atoms with Gasteiger partial charge in [-0.1, -0.05) is 23.8 Å². The van der Waals surface area contributed by atoms with Crippen molar-refractivity contribution in [2.75, 3.05) is 6.54 Å². The van der Waals surface area contributed by atoms with Crippen LogP contribution in [0.2, 0.25) is 0 Å². The molecule has 0 radical (unpaired) electrons. The molecule has 2 rings (SSSR count). The number of rotatable bonds is 2. The fourth-order valence-corrected chi connectivity index (χ4v) is 2.35. The third kappa shape index (κ3) is 2.21. The molecule has 0 aromatic heterocycles. The van der Waals surface area contributed by atoms with Crippen molar-refractivity contribution in [2.24, 2.45) is 5.73 Å². The molecule has 1 aromatic rings. The number of nitrogens with one attached hydrogen (secondary N) is 1. The van der Waals surface area contributed by atoms with Gasteiger partial charge in [0.15, 0.2) is 0 Å². The summed E-state index contributed by atoms with van der Waals surface area (Å²) in [6.45, 7) is 5.38. The highest BCUT2D eigenvalue weighted by Crippen LogP contribution is 2.24. The van der Waals surface area contributed by atoms with Gasteiger partial charge in [-0.3, -0.25) is 0 Å². The minimum Gasteiger partial charge on any atom is -0.323 e. The van der Waals surface area contributed by atoms with Crippen molar-refractivity contribution in [3.8, 4) is 0 Å². The second kappa shape index (κ2) is 4.33. The first-order chi connectivity index (χ1) is 7.18. The molecule has 0 saturated carbocycles. The quantitative estimate of drug-likeness (QED) is 0.774. The second-order valence-corrected chi connectivity index (χ2v) is 4.59. The van der Waals surface area contributed by atoms with Crippen LogP contribution in [0.4, 0.5) is 0 Å². The van der Waals surface area contributed by atoms with E-state index in [9.17, 15) is 0 Å². The van der Waals surface area contributed by atoms with Crippen LogP contribution < -0.4 is 11.1 Å². The van der Waals surface area contributed by atoms with Gasteiger partial charge in [0.25, 0.3) is 0 Å². The summed E-state index contributed by atoms with van der Waals surface area (Å²) in [5.74, 6) is 0. The zero-order valence-corrected chi connectivity index (χ0v) is 9.59. The summed E-state index contributed by atoms with van der Waals surface area (Å²) in [7, 11) is 0. The van der Waals surface area contributed by atoms with Crippen LogP contribution in [0.1, 0.15) is 35.6 Å². The van der Waals surface area contributed by atoms with Crippen LogP contribution in [0.25, 0.3) is 0 Å². The van der Waals surface area contributed by atoms with Gasteiger partial charge in [-0.25, -0.2) is 0 Å². The molecule has 15 heavy (non-hydrogen) atoms. The maximum absolute atomic E-state index is 6.31. The fourth-order valence-electron chi connectivity index (χ4n) is 2.35. The molecular formula is C13H20N2. The molecule has 0 amide bonds. The average molecular weight is 204 g/mol. The van der Waals surface area contributed by atoms with E-state index in [1.165, 1.54) is 29.5 Å². The average Bonchev–Trinajstić information content (AvgIpc) is 2.74. The van der Waals surface area contributed by atoms with Crippen LogP contribution in [0.15, 0.2) is 18.2 Å². The third-order valence-electron chi connectivity index (χ3n) is 3.33. The minimum absolute atomic E-state index is 0.146. The number of nitrogens with two attached hydrogens (primary N) is 1. The number of benzene rings is 1. The first-order valence-corrected chi connectivity index (χ1v) is 5.74. The van der Waals surface area contributed by atoms with Crippen LogP contribution in [0, 0.1) is 13.8 Å². The Hall–Kier alpha value is -0.860. The molecule has 0 bridgehead atoms. The Morgan fingerprint density at radius 2 is 2.20 bits per heavy atom. The van der Waals surface area contributed by atoms with Crippen LogP contribution >= 0.6 is 0 Å². The SMILES string of the molecule is Cc1ccc(C)c(C(N)C2CCCN2)c1. The molecule has 0 aliphatic carbocycles. The normalized spacial score (nSPS) is 23.0. The van der Waals surface area contributed by atoms with Gasteiger partial charge in [-0.2, -0.15) is 0 Å². The third-order valence-corrected chi connectivity index (χ3v) is 3.33. The molecule has 0 spiro atoms. The van der Waals surface area contributed by atoms with Crippen LogP contribution in [-0.4, -0.2) is 12.6 Å². The van der Waals surface area contributed by atoms with Crippen molar-refractivity contribution >= 4 is 0 Å². The lowest BCUT2D eigenvalue weighted by molar-refractivity contribution is 0.499. The van der Waals surface area contributed by atoms with E-state index in [0.717, 1.165) is 6.54 Å². The monoisotopic (exact) mass is 204 g/mol. The van der Waals surface area contributed by atoms with E-state index in [1.54, 1.807) is 0 Å². The minimum atomic E-state index is 0.146. The Bertz CT molecular complexity index is 340. The molecule has 2 atom stereocenters. The summed E-state index contributed by atoms with van der Waals surface area (Å²) >= 11 is 0. The first-order valence-electron chi connectivity index (χ1n) is 5.74. The predicted octanol–water partition coefficient (Wildman–Crippen LogP) is 2.06. The summed E-state index contributed by atoms with van der Waals surface area (Å²) in [4.78, 5) is 0. The summed E-state index contributed by atoms with van der Waals surface area (Å²) in [6, 6.07) is 7.14. The molecule has 1 aromatic carbocycles. The molecule has 82 valence electrons. The lowest BCUT2D eigenvalue weighted by atomic mass is 9.94. The Labute approximate surface area is 91.9 Å².